The Morgan fingerprint density at radius 3 is 2.72 bits per heavy atom. The lowest BCUT2D eigenvalue weighted by molar-refractivity contribution is -0.158. The van der Waals surface area contributed by atoms with E-state index in [-0.39, 0.29) is 36.6 Å². The predicted octanol–water partition coefficient (Wildman–Crippen LogP) is 3.73. The molecule has 0 amide bonds. The lowest BCUT2D eigenvalue weighted by atomic mass is 9.81. The van der Waals surface area contributed by atoms with Crippen molar-refractivity contribution in [2.24, 2.45) is 5.41 Å². The van der Waals surface area contributed by atoms with Crippen LogP contribution in [0, 0.1) is 12.3 Å². The van der Waals surface area contributed by atoms with E-state index in [1.54, 1.807) is 36.9 Å². The average molecular weight is 558 g/mol. The first kappa shape index (κ1) is 28.7. The number of carboxylic acids is 1. The van der Waals surface area contributed by atoms with Crippen molar-refractivity contribution < 1.29 is 27.8 Å². The number of aromatic nitrogens is 4. The summed E-state index contributed by atoms with van der Waals surface area (Å²) in [5.74, 6) is -0.776. The Labute approximate surface area is 228 Å². The number of benzene rings is 1. The third kappa shape index (κ3) is 5.97. The molecule has 0 saturated carbocycles. The summed E-state index contributed by atoms with van der Waals surface area (Å²) in [5, 5.41) is 18.0. The van der Waals surface area contributed by atoms with Crippen LogP contribution in [0.3, 0.4) is 0 Å². The summed E-state index contributed by atoms with van der Waals surface area (Å²) in [5.41, 5.74) is 1.53. The number of sulfonamides is 1. The molecular weight excluding hydrogens is 522 g/mol. The van der Waals surface area contributed by atoms with Crippen molar-refractivity contribution in [3.63, 3.8) is 0 Å². The van der Waals surface area contributed by atoms with Crippen molar-refractivity contribution in [1.29, 1.82) is 0 Å². The van der Waals surface area contributed by atoms with Crippen LogP contribution < -0.4 is 4.74 Å². The second-order valence-corrected chi connectivity index (χ2v) is 12.1. The number of pyridine rings is 1. The van der Waals surface area contributed by atoms with E-state index in [1.807, 2.05) is 39.0 Å². The van der Waals surface area contributed by atoms with Gasteiger partial charge in [0.05, 0.1) is 30.9 Å². The van der Waals surface area contributed by atoms with Gasteiger partial charge in [0.15, 0.2) is 5.75 Å². The molecule has 1 unspecified atom stereocenters. The summed E-state index contributed by atoms with van der Waals surface area (Å²) in [6.07, 6.45) is 2.63. The number of hydrogen-bond donors (Lipinski definition) is 1. The van der Waals surface area contributed by atoms with Gasteiger partial charge in [0.1, 0.15) is 11.8 Å². The molecule has 39 heavy (non-hydrogen) atoms. The van der Waals surface area contributed by atoms with E-state index in [0.29, 0.717) is 24.2 Å². The number of aliphatic carboxylic acids is 1. The van der Waals surface area contributed by atoms with Crippen LogP contribution in [0.25, 0.3) is 0 Å². The molecule has 0 fully saturated rings. The van der Waals surface area contributed by atoms with E-state index in [4.69, 9.17) is 9.47 Å². The lowest BCUT2D eigenvalue weighted by Crippen LogP contribution is -2.37. The monoisotopic (exact) mass is 557 g/mol. The zero-order chi connectivity index (χ0) is 28.4. The van der Waals surface area contributed by atoms with E-state index in [1.165, 1.54) is 10.5 Å². The molecule has 1 aliphatic heterocycles. The fourth-order valence-corrected chi connectivity index (χ4v) is 5.94. The zero-order valence-electron chi connectivity index (χ0n) is 22.9. The normalized spacial score (nSPS) is 18.1. The molecule has 11 nitrogen and oxygen atoms in total. The highest BCUT2D eigenvalue weighted by atomic mass is 32.2. The van der Waals surface area contributed by atoms with Crippen LogP contribution in [0.4, 0.5) is 0 Å². The van der Waals surface area contributed by atoms with Gasteiger partial charge in [-0.2, -0.15) is 4.31 Å². The van der Waals surface area contributed by atoms with Gasteiger partial charge in [-0.05, 0) is 62.9 Å². The number of fused-ring (bicyclic) bond motifs is 1. The maximum Gasteiger partial charge on any atom is 0.312 e. The number of carbonyl (C=O) groups is 1. The lowest BCUT2D eigenvalue weighted by Gasteiger charge is -2.31. The summed E-state index contributed by atoms with van der Waals surface area (Å²) in [6, 6.07) is 8.78. The number of rotatable bonds is 10. The number of hydrogen-bond acceptors (Lipinski definition) is 8. The molecular formula is C27H35N5O6S. The van der Waals surface area contributed by atoms with Crippen LogP contribution in [0.2, 0.25) is 0 Å². The van der Waals surface area contributed by atoms with Crippen LogP contribution in [0.1, 0.15) is 62.6 Å². The molecule has 3 heterocycles. The number of aryl methyl sites for hydroxylation is 2. The molecule has 4 rings (SSSR count). The van der Waals surface area contributed by atoms with Gasteiger partial charge in [0.2, 0.25) is 5.03 Å². The van der Waals surface area contributed by atoms with Gasteiger partial charge in [-0.1, -0.05) is 30.3 Å². The Bertz CT molecular complexity index is 1440. The smallest absolute Gasteiger partial charge is 0.312 e. The van der Waals surface area contributed by atoms with Gasteiger partial charge in [0, 0.05) is 19.3 Å². The van der Waals surface area contributed by atoms with Gasteiger partial charge in [-0.3, -0.25) is 9.48 Å². The minimum atomic E-state index is -3.94. The van der Waals surface area contributed by atoms with E-state index in [0.717, 1.165) is 11.1 Å². The third-order valence-electron chi connectivity index (χ3n) is 7.01. The quantitative estimate of drug-likeness (QED) is 0.395. The second kappa shape index (κ2) is 11.4. The van der Waals surface area contributed by atoms with Gasteiger partial charge >= 0.3 is 5.97 Å². The Hall–Kier alpha value is -3.35. The Balaban J connectivity index is 1.68. The van der Waals surface area contributed by atoms with Crippen LogP contribution >= 0.6 is 0 Å². The second-order valence-electron chi connectivity index (χ2n) is 10.2. The summed E-state index contributed by atoms with van der Waals surface area (Å²) in [4.78, 5) is 16.4. The maximum atomic E-state index is 13.6. The van der Waals surface area contributed by atoms with E-state index < -0.39 is 27.5 Å². The van der Waals surface area contributed by atoms with Gasteiger partial charge in [-0.25, -0.2) is 13.4 Å². The highest BCUT2D eigenvalue weighted by molar-refractivity contribution is 7.89. The van der Waals surface area contributed by atoms with Crippen molar-refractivity contribution >= 4 is 16.0 Å². The Kier molecular flexibility index (Phi) is 8.38. The molecule has 12 heteroatoms. The molecule has 1 aliphatic rings. The number of nitrogens with zero attached hydrogens (tertiary/aromatic N) is 5. The maximum absolute atomic E-state index is 13.6. The average Bonchev–Trinajstić information content (AvgIpc) is 3.33. The molecule has 0 bridgehead atoms. The van der Waals surface area contributed by atoms with Gasteiger partial charge in [0.25, 0.3) is 10.0 Å². The molecule has 1 aromatic carbocycles. The van der Waals surface area contributed by atoms with Crippen molar-refractivity contribution in [3.8, 4) is 5.75 Å². The Morgan fingerprint density at radius 1 is 1.28 bits per heavy atom. The predicted molar refractivity (Wildman–Crippen MR) is 142 cm³/mol. The number of carboxylic acid groups (broad SMARTS) is 1. The highest BCUT2D eigenvalue weighted by Gasteiger charge is 2.40. The van der Waals surface area contributed by atoms with Gasteiger partial charge in [-0.15, -0.1) is 5.10 Å². The molecule has 210 valence electrons. The highest BCUT2D eigenvalue weighted by Crippen LogP contribution is 2.39. The molecule has 0 aliphatic carbocycles. The molecule has 0 radical (unpaired) electrons. The molecule has 0 spiro atoms. The fraction of sp³-hybridized carbons (Fsp3) is 0.481. The minimum absolute atomic E-state index is 0.0723. The van der Waals surface area contributed by atoms with Crippen molar-refractivity contribution in [1.82, 2.24) is 24.3 Å². The number of ether oxygens (including phenoxy) is 2. The summed E-state index contributed by atoms with van der Waals surface area (Å²) < 4.78 is 42.4. The van der Waals surface area contributed by atoms with Crippen LogP contribution in [0.15, 0.2) is 47.8 Å². The minimum Gasteiger partial charge on any atom is -0.486 e. The standard InChI is InChI=1S/C27H35N5O6S/c1-6-22-16-32(39(35,36)25-23(38-22)9-8-12-28-25)14-20-13-19(11-10-18(20)3)24(27(4,5)26(33)34)37-17-21-15-31(7-2)30-29-21/h8-13,15,22,24H,6-7,14,16-17H2,1-5H3,(H,33,34)/t22-,24?/m1/s1. The summed E-state index contributed by atoms with van der Waals surface area (Å²) in [7, 11) is -3.94. The van der Waals surface area contributed by atoms with Crippen molar-refractivity contribution in [3.05, 3.63) is 65.1 Å². The molecule has 2 aromatic heterocycles. The first-order chi connectivity index (χ1) is 18.5. The zero-order valence-corrected chi connectivity index (χ0v) is 23.7. The topological polar surface area (TPSA) is 137 Å². The SMILES string of the molecule is CC[C@@H]1CN(Cc2cc(C(OCc3cn(CC)nn3)C(C)(C)C(=O)O)ccc2C)S(=O)(=O)c2ncccc2O1. The van der Waals surface area contributed by atoms with Crippen molar-refractivity contribution in [2.45, 2.75) is 78.0 Å². The Morgan fingerprint density at radius 2 is 2.05 bits per heavy atom. The summed E-state index contributed by atoms with van der Waals surface area (Å²) in [6.45, 7) is 9.95. The molecule has 1 N–H and O–H groups in total. The van der Waals surface area contributed by atoms with E-state index >= 15 is 0 Å². The molecule has 2 atom stereocenters. The largest absolute Gasteiger partial charge is 0.486 e. The van der Waals surface area contributed by atoms with Crippen molar-refractivity contribution in [2.75, 3.05) is 6.54 Å². The molecule has 3 aromatic rings. The van der Waals surface area contributed by atoms with E-state index in [2.05, 4.69) is 15.3 Å². The first-order valence-corrected chi connectivity index (χ1v) is 14.4. The molecule has 0 saturated heterocycles. The first-order valence-electron chi connectivity index (χ1n) is 12.9. The van der Waals surface area contributed by atoms with Gasteiger partial charge < -0.3 is 14.6 Å². The van der Waals surface area contributed by atoms with Crippen LogP contribution in [-0.2, 0) is 39.3 Å². The third-order valence-corrected chi connectivity index (χ3v) is 8.77. The van der Waals surface area contributed by atoms with Crippen LogP contribution in [-0.4, -0.2) is 56.4 Å². The summed E-state index contributed by atoms with van der Waals surface area (Å²) >= 11 is 0. The van der Waals surface area contributed by atoms with Crippen LogP contribution in [0.5, 0.6) is 5.75 Å². The van der Waals surface area contributed by atoms with E-state index in [9.17, 15) is 18.3 Å². The fourth-order valence-electron chi connectivity index (χ4n) is 4.46.